The van der Waals surface area contributed by atoms with Crippen molar-refractivity contribution in [2.24, 2.45) is 11.7 Å². The molecule has 0 spiro atoms. The van der Waals surface area contributed by atoms with Gasteiger partial charge in [0.2, 0.25) is 0 Å². The third-order valence-corrected chi connectivity index (χ3v) is 13.3. The summed E-state index contributed by atoms with van der Waals surface area (Å²) in [7, 11) is 0. The first-order valence-corrected chi connectivity index (χ1v) is 23.2. The maximum Gasteiger partial charge on any atom is 0.0580 e. The van der Waals surface area contributed by atoms with Crippen LogP contribution in [0.25, 0.3) is 56.1 Å². The van der Waals surface area contributed by atoms with E-state index in [2.05, 4.69) is 226 Å². The monoisotopic (exact) mass is 850 g/mol. The van der Waals surface area contributed by atoms with Crippen LogP contribution in [-0.4, -0.2) is 0 Å². The van der Waals surface area contributed by atoms with Crippen LogP contribution in [0.15, 0.2) is 237 Å². The van der Waals surface area contributed by atoms with Crippen LogP contribution in [0.4, 0.5) is 11.4 Å². The smallest absolute Gasteiger partial charge is 0.0580 e. The van der Waals surface area contributed by atoms with Gasteiger partial charge in [-0.1, -0.05) is 219 Å². The first kappa shape index (κ1) is 42.0. The molecule has 0 saturated carbocycles. The lowest BCUT2D eigenvalue weighted by Gasteiger charge is -2.25. The Bertz CT molecular complexity index is 3320. The minimum atomic E-state index is 0.0127. The van der Waals surface area contributed by atoms with Gasteiger partial charge in [0, 0.05) is 34.3 Å². The Labute approximate surface area is 389 Å². The maximum atomic E-state index is 6.63. The number of hydrogen-bond donors (Lipinski definition) is 1. The van der Waals surface area contributed by atoms with E-state index in [1.54, 1.807) is 6.20 Å². The van der Waals surface area contributed by atoms with Gasteiger partial charge in [0.05, 0.1) is 11.6 Å². The van der Waals surface area contributed by atoms with Crippen LogP contribution in [0.5, 0.6) is 0 Å². The number of aryl methyl sites for hydroxylation is 1. The highest BCUT2D eigenvalue weighted by atomic mass is 15.2. The first-order chi connectivity index (χ1) is 32.5. The average Bonchev–Trinajstić information content (AvgIpc) is 3.90. The van der Waals surface area contributed by atoms with Gasteiger partial charge in [0.1, 0.15) is 0 Å². The van der Waals surface area contributed by atoms with Gasteiger partial charge in [-0.3, -0.25) is 0 Å². The summed E-state index contributed by atoms with van der Waals surface area (Å²) in [5.41, 5.74) is 25.0. The largest absolute Gasteiger partial charge is 0.404 e. The molecule has 320 valence electrons. The molecule has 0 bridgehead atoms. The fourth-order valence-corrected chi connectivity index (χ4v) is 10.2. The summed E-state index contributed by atoms with van der Waals surface area (Å²) >= 11 is 0. The summed E-state index contributed by atoms with van der Waals surface area (Å²) < 4.78 is 0. The molecule has 8 aromatic rings. The van der Waals surface area contributed by atoms with Crippen LogP contribution in [0.1, 0.15) is 53.5 Å². The van der Waals surface area contributed by atoms with Gasteiger partial charge in [-0.2, -0.15) is 0 Å². The SMILES string of the molecule is C=C/C(=C(/c1ccc2c3c(cc/c(=C/N)c13)=C1C2c2cc(-c3ccccc3)cc(-c3ccccc3)c2N1c1ccccc1)C(C)C=CC1=CCCC=C1)c1ccccc1.Cc1ccccc1. The zero-order valence-corrected chi connectivity index (χ0v) is 37.7. The van der Waals surface area contributed by atoms with Crippen molar-refractivity contribution in [3.63, 3.8) is 0 Å². The van der Waals surface area contributed by atoms with E-state index in [9.17, 15) is 0 Å². The molecule has 2 atom stereocenters. The van der Waals surface area contributed by atoms with Crippen LogP contribution in [0.3, 0.4) is 0 Å². The number of rotatable bonds is 9. The van der Waals surface area contributed by atoms with Crippen LogP contribution < -0.4 is 21.1 Å². The normalized spacial score (nSPS) is 15.8. The average molecular weight is 851 g/mol. The molecule has 0 saturated heterocycles. The lowest BCUT2D eigenvalue weighted by atomic mass is 9.81. The molecular weight excluding hydrogens is 797 g/mol. The Morgan fingerprint density at radius 3 is 1.94 bits per heavy atom. The molecule has 0 aromatic heterocycles. The highest BCUT2D eigenvalue weighted by Crippen LogP contribution is 2.58. The highest BCUT2D eigenvalue weighted by Gasteiger charge is 2.43. The van der Waals surface area contributed by atoms with Crippen LogP contribution in [0.2, 0.25) is 0 Å². The minimum absolute atomic E-state index is 0.0127. The summed E-state index contributed by atoms with van der Waals surface area (Å²) in [5, 5.41) is 4.72. The zero-order chi connectivity index (χ0) is 45.0. The number of benzene rings is 8. The molecule has 2 N–H and O–H groups in total. The second kappa shape index (κ2) is 18.6. The van der Waals surface area contributed by atoms with Crippen molar-refractivity contribution in [2.45, 2.75) is 32.6 Å². The molecule has 2 nitrogen and oxygen atoms in total. The van der Waals surface area contributed by atoms with Crippen molar-refractivity contribution < 1.29 is 0 Å². The van der Waals surface area contributed by atoms with Crippen LogP contribution >= 0.6 is 0 Å². The lowest BCUT2D eigenvalue weighted by molar-refractivity contribution is 0.963. The second-order valence-corrected chi connectivity index (χ2v) is 17.4. The number of nitrogens with zero attached hydrogens (tertiary/aromatic N) is 1. The maximum absolute atomic E-state index is 6.63. The number of hydrogen-bond acceptors (Lipinski definition) is 2. The molecule has 2 heteroatoms. The molecule has 0 radical (unpaired) electrons. The summed E-state index contributed by atoms with van der Waals surface area (Å²) in [5.74, 6) is 0.0813. The molecule has 1 aliphatic heterocycles. The van der Waals surface area contributed by atoms with Gasteiger partial charge in [-0.25, -0.2) is 0 Å². The standard InChI is InChI=1S/C57H46N2.C7H8/c1-3-46(41-23-13-6-14-24-41)52(38(2)29-30-39-19-9-4-10-20-39)47-33-34-48-54-49(32-31-43(37-58)53(47)54)57-55(48)51-36-44(40-21-11-5-12-22-40)35-50(42-25-15-7-16-26-42)56(51)59(57)45-27-17-8-18-28-45;1-7-5-3-2-4-6-7/h3,5-9,11-38,55H,1,4,10,58H2,2H3;2-6H,1H3/b30-29?,43-37-,52-46-;. The van der Waals surface area contributed by atoms with E-state index in [4.69, 9.17) is 5.73 Å². The van der Waals surface area contributed by atoms with E-state index in [0.29, 0.717) is 0 Å². The number of nitrogens with two attached hydrogens (primary N) is 1. The predicted molar refractivity (Wildman–Crippen MR) is 282 cm³/mol. The third kappa shape index (κ3) is 7.86. The number of para-hydroxylation sites is 1. The summed E-state index contributed by atoms with van der Waals surface area (Å²) in [4.78, 5) is 2.55. The van der Waals surface area contributed by atoms with Gasteiger partial charge in [0.15, 0.2) is 0 Å². The Morgan fingerprint density at radius 2 is 1.32 bits per heavy atom. The Balaban J connectivity index is 0.000000670. The van der Waals surface area contributed by atoms with Crippen molar-refractivity contribution in [3.8, 4) is 22.3 Å². The molecule has 0 amide bonds. The van der Waals surface area contributed by atoms with Crippen molar-refractivity contribution in [1.29, 1.82) is 0 Å². The van der Waals surface area contributed by atoms with Crippen molar-refractivity contribution in [2.75, 3.05) is 4.90 Å². The molecule has 66 heavy (non-hydrogen) atoms. The van der Waals surface area contributed by atoms with Crippen molar-refractivity contribution >= 4 is 45.2 Å². The quantitative estimate of drug-likeness (QED) is 0.116. The van der Waals surface area contributed by atoms with Gasteiger partial charge >= 0.3 is 0 Å². The van der Waals surface area contributed by atoms with E-state index in [1.165, 1.54) is 83.0 Å². The third-order valence-electron chi connectivity index (χ3n) is 13.3. The minimum Gasteiger partial charge on any atom is -0.404 e. The topological polar surface area (TPSA) is 29.3 Å². The van der Waals surface area contributed by atoms with Crippen molar-refractivity contribution in [3.05, 3.63) is 275 Å². The molecule has 1 heterocycles. The summed E-state index contributed by atoms with van der Waals surface area (Å²) in [6.45, 7) is 8.82. The van der Waals surface area contributed by atoms with Gasteiger partial charge < -0.3 is 10.6 Å². The molecule has 2 aliphatic carbocycles. The molecule has 8 aromatic carbocycles. The van der Waals surface area contributed by atoms with E-state index < -0.39 is 0 Å². The van der Waals surface area contributed by atoms with E-state index >= 15 is 0 Å². The Hall–Kier alpha value is -7.94. The van der Waals surface area contributed by atoms with E-state index in [0.717, 1.165) is 34.9 Å². The highest BCUT2D eigenvalue weighted by molar-refractivity contribution is 6.11. The molecule has 11 rings (SSSR count). The number of anilines is 2. The van der Waals surface area contributed by atoms with Gasteiger partial charge in [0.25, 0.3) is 0 Å². The summed E-state index contributed by atoms with van der Waals surface area (Å²) in [6, 6.07) is 67.7. The van der Waals surface area contributed by atoms with Crippen LogP contribution in [0, 0.1) is 12.8 Å². The molecule has 2 unspecified atom stereocenters. The van der Waals surface area contributed by atoms with Gasteiger partial charge in [-0.15, -0.1) is 0 Å². The molecule has 3 aliphatic rings. The molecule has 0 fully saturated rings. The number of allylic oxidation sites excluding steroid dienone is 9. The lowest BCUT2D eigenvalue weighted by Crippen LogP contribution is -2.21. The first-order valence-electron chi connectivity index (χ1n) is 23.2. The van der Waals surface area contributed by atoms with Crippen molar-refractivity contribution in [1.82, 2.24) is 0 Å². The Kier molecular flexibility index (Phi) is 11.9. The van der Waals surface area contributed by atoms with Crippen LogP contribution in [-0.2, 0) is 0 Å². The predicted octanol–water partition coefficient (Wildman–Crippen LogP) is 14.8. The fourth-order valence-electron chi connectivity index (χ4n) is 10.2. The fraction of sp³-hybridized carbons (Fsp3) is 0.0938. The Morgan fingerprint density at radius 1 is 0.667 bits per heavy atom. The van der Waals surface area contributed by atoms with E-state index in [-0.39, 0.29) is 11.8 Å². The number of fused-ring (bicyclic) bond motifs is 4. The van der Waals surface area contributed by atoms with Gasteiger partial charge in [-0.05, 0) is 116 Å². The zero-order valence-electron chi connectivity index (χ0n) is 37.7. The summed E-state index contributed by atoms with van der Waals surface area (Å²) in [6.07, 6.45) is 17.5. The molecular formula is C64H54N2. The second-order valence-electron chi connectivity index (χ2n) is 17.4. The van der Waals surface area contributed by atoms with E-state index in [1.807, 2.05) is 24.3 Å².